The molecule has 1 aromatic rings. The van der Waals surface area contributed by atoms with Crippen LogP contribution in [0.4, 0.5) is 0 Å². The third kappa shape index (κ3) is 4.36. The molecule has 0 aromatic heterocycles. The summed E-state index contributed by atoms with van der Waals surface area (Å²) in [5, 5.41) is 0. The van der Waals surface area contributed by atoms with E-state index in [9.17, 15) is 4.55 Å². The van der Waals surface area contributed by atoms with Crippen molar-refractivity contribution in [2.75, 3.05) is 0 Å². The highest BCUT2D eigenvalue weighted by Gasteiger charge is 2.25. The summed E-state index contributed by atoms with van der Waals surface area (Å²) >= 11 is 2.17. The Kier molecular flexibility index (Phi) is 4.37. The largest absolute Gasteiger partial charge is 0.591 e. The Morgan fingerprint density at radius 2 is 1.80 bits per heavy atom. The summed E-state index contributed by atoms with van der Waals surface area (Å²) in [5.74, 6) is 0. The van der Waals surface area contributed by atoms with E-state index in [4.69, 9.17) is 0 Å². The number of halogens is 1. The first-order valence-corrected chi connectivity index (χ1v) is 6.51. The summed E-state index contributed by atoms with van der Waals surface area (Å²) in [6.45, 7) is 5.71. The van der Waals surface area contributed by atoms with E-state index in [1.165, 1.54) is 0 Å². The fourth-order valence-corrected chi connectivity index (χ4v) is 1.61. The fraction of sp³-hybridized carbons (Fsp3) is 0.364. The van der Waals surface area contributed by atoms with Crippen LogP contribution in [0.3, 0.4) is 0 Å². The highest BCUT2D eigenvalue weighted by molar-refractivity contribution is 9.10. The molecule has 0 amide bonds. The molecular weight excluding hydrogens is 274 g/mol. The molecular formula is C11H14BrNOS. The maximum absolute atomic E-state index is 11.6. The Labute approximate surface area is 102 Å². The molecule has 0 N–H and O–H groups in total. The van der Waals surface area contributed by atoms with E-state index in [0.29, 0.717) is 0 Å². The average Bonchev–Trinajstić information content (AvgIpc) is 2.15. The van der Waals surface area contributed by atoms with Gasteiger partial charge in [0.15, 0.2) is 0 Å². The van der Waals surface area contributed by atoms with Gasteiger partial charge in [-0.3, -0.25) is 0 Å². The number of rotatable bonds is 2. The molecule has 0 bridgehead atoms. The molecule has 0 aliphatic rings. The van der Waals surface area contributed by atoms with Gasteiger partial charge in [-0.25, -0.2) is 0 Å². The van der Waals surface area contributed by atoms with E-state index >= 15 is 0 Å². The minimum Gasteiger partial charge on any atom is -0.591 e. The van der Waals surface area contributed by atoms with Gasteiger partial charge in [0, 0.05) is 4.47 Å². The van der Waals surface area contributed by atoms with Crippen molar-refractivity contribution in [2.45, 2.75) is 25.5 Å². The minimum absolute atomic E-state index is 0.300. The lowest BCUT2D eigenvalue weighted by atomic mass is 10.2. The van der Waals surface area contributed by atoms with Gasteiger partial charge in [0.05, 0.1) is 6.21 Å². The Morgan fingerprint density at radius 3 is 2.27 bits per heavy atom. The highest BCUT2D eigenvalue weighted by atomic mass is 79.9. The first-order valence-electron chi connectivity index (χ1n) is 4.61. The summed E-state index contributed by atoms with van der Waals surface area (Å²) in [6, 6.07) is 7.71. The van der Waals surface area contributed by atoms with Gasteiger partial charge in [0.1, 0.15) is 16.1 Å². The second-order valence-corrected chi connectivity index (χ2v) is 7.00. The van der Waals surface area contributed by atoms with Gasteiger partial charge >= 0.3 is 0 Å². The Hall–Kier alpha value is -0.320. The Balaban J connectivity index is 2.70. The van der Waals surface area contributed by atoms with Crippen LogP contribution in [0.1, 0.15) is 26.3 Å². The lowest BCUT2D eigenvalue weighted by molar-refractivity contribution is 0.562. The summed E-state index contributed by atoms with van der Waals surface area (Å²) in [5.41, 5.74) is 0.954. The Morgan fingerprint density at radius 1 is 1.27 bits per heavy atom. The number of benzene rings is 1. The van der Waals surface area contributed by atoms with E-state index in [-0.39, 0.29) is 4.75 Å². The molecule has 1 unspecified atom stereocenters. The fourth-order valence-electron chi connectivity index (χ4n) is 0.816. The second kappa shape index (κ2) is 5.14. The first-order chi connectivity index (χ1) is 6.89. The second-order valence-electron chi connectivity index (χ2n) is 4.15. The van der Waals surface area contributed by atoms with Gasteiger partial charge in [0.2, 0.25) is 0 Å². The molecule has 0 radical (unpaired) electrons. The zero-order valence-electron chi connectivity index (χ0n) is 9.03. The van der Waals surface area contributed by atoms with Crippen LogP contribution in [0.25, 0.3) is 0 Å². The molecule has 0 spiro atoms. The molecule has 1 aromatic carbocycles. The SMILES string of the molecule is CC(C)(C)[S+]([O-])/N=C/c1ccc(Br)cc1. The van der Waals surface area contributed by atoms with Gasteiger partial charge in [-0.2, -0.15) is 0 Å². The average molecular weight is 288 g/mol. The molecule has 4 heteroatoms. The smallest absolute Gasteiger partial charge is 0.144 e. The van der Waals surface area contributed by atoms with Crippen molar-refractivity contribution in [1.82, 2.24) is 0 Å². The summed E-state index contributed by atoms with van der Waals surface area (Å²) in [4.78, 5) is 0. The normalized spacial score (nSPS) is 14.5. The van der Waals surface area contributed by atoms with Crippen LogP contribution in [0.5, 0.6) is 0 Å². The van der Waals surface area contributed by atoms with Crippen LogP contribution in [-0.2, 0) is 11.4 Å². The van der Waals surface area contributed by atoms with Crippen LogP contribution >= 0.6 is 15.9 Å². The van der Waals surface area contributed by atoms with Gasteiger partial charge in [0.25, 0.3) is 0 Å². The lowest BCUT2D eigenvalue weighted by Crippen LogP contribution is -2.25. The molecule has 0 saturated heterocycles. The van der Waals surface area contributed by atoms with Crippen LogP contribution in [0.2, 0.25) is 0 Å². The van der Waals surface area contributed by atoms with E-state index in [0.717, 1.165) is 10.0 Å². The molecule has 0 aliphatic carbocycles. The minimum atomic E-state index is -1.19. The van der Waals surface area contributed by atoms with Crippen molar-refractivity contribution >= 4 is 33.5 Å². The third-order valence-corrected chi connectivity index (χ3v) is 3.56. The monoisotopic (exact) mass is 287 g/mol. The standard InChI is InChI=1S/C11H14BrNOS/c1-11(2,3)15(14)13-8-9-4-6-10(12)7-5-9/h4-8H,1-3H3/b13-8+. The van der Waals surface area contributed by atoms with E-state index in [1.54, 1.807) is 6.21 Å². The molecule has 2 nitrogen and oxygen atoms in total. The predicted octanol–water partition coefficient (Wildman–Crippen LogP) is 3.33. The highest BCUT2D eigenvalue weighted by Crippen LogP contribution is 2.17. The molecule has 0 heterocycles. The van der Waals surface area contributed by atoms with Crippen LogP contribution < -0.4 is 0 Å². The van der Waals surface area contributed by atoms with Crippen LogP contribution in [-0.4, -0.2) is 15.5 Å². The summed E-state index contributed by atoms with van der Waals surface area (Å²) in [7, 11) is 0. The quantitative estimate of drug-likeness (QED) is 0.607. The first kappa shape index (κ1) is 12.7. The van der Waals surface area contributed by atoms with Crippen LogP contribution in [0, 0.1) is 0 Å². The molecule has 0 fully saturated rings. The molecule has 15 heavy (non-hydrogen) atoms. The molecule has 1 rings (SSSR count). The van der Waals surface area contributed by atoms with Gasteiger partial charge in [-0.05, 0) is 38.5 Å². The third-order valence-electron chi connectivity index (χ3n) is 1.69. The van der Waals surface area contributed by atoms with Gasteiger partial charge in [-0.15, -0.1) is 0 Å². The Bertz CT molecular complexity index is 343. The lowest BCUT2D eigenvalue weighted by Gasteiger charge is -2.17. The molecule has 1 atom stereocenters. The van der Waals surface area contributed by atoms with Crippen molar-refractivity contribution < 1.29 is 4.55 Å². The summed E-state index contributed by atoms with van der Waals surface area (Å²) in [6.07, 6.45) is 1.65. The maximum Gasteiger partial charge on any atom is 0.144 e. The van der Waals surface area contributed by atoms with Crippen molar-refractivity contribution in [2.24, 2.45) is 4.40 Å². The van der Waals surface area contributed by atoms with Crippen molar-refractivity contribution in [3.8, 4) is 0 Å². The number of hydrogen-bond acceptors (Lipinski definition) is 2. The number of nitrogens with zero attached hydrogens (tertiary/aromatic N) is 1. The van der Waals surface area contributed by atoms with Gasteiger partial charge < -0.3 is 4.55 Å². The topological polar surface area (TPSA) is 35.4 Å². The van der Waals surface area contributed by atoms with E-state index in [2.05, 4.69) is 20.3 Å². The maximum atomic E-state index is 11.6. The van der Waals surface area contributed by atoms with Crippen LogP contribution in [0.15, 0.2) is 33.1 Å². The zero-order chi connectivity index (χ0) is 11.5. The van der Waals surface area contributed by atoms with Gasteiger partial charge in [-0.1, -0.05) is 32.5 Å². The van der Waals surface area contributed by atoms with E-state index < -0.39 is 11.4 Å². The number of hydrogen-bond donors (Lipinski definition) is 0. The molecule has 0 saturated carbocycles. The van der Waals surface area contributed by atoms with E-state index in [1.807, 2.05) is 45.0 Å². The molecule has 0 aliphatic heterocycles. The predicted molar refractivity (Wildman–Crippen MR) is 69.6 cm³/mol. The zero-order valence-corrected chi connectivity index (χ0v) is 11.4. The van der Waals surface area contributed by atoms with Crippen molar-refractivity contribution in [3.05, 3.63) is 34.3 Å². The van der Waals surface area contributed by atoms with Crippen molar-refractivity contribution in [1.29, 1.82) is 0 Å². The summed E-state index contributed by atoms with van der Waals surface area (Å²) < 4.78 is 16.4. The molecule has 82 valence electrons. The van der Waals surface area contributed by atoms with Crippen molar-refractivity contribution in [3.63, 3.8) is 0 Å².